The summed E-state index contributed by atoms with van der Waals surface area (Å²) in [6.45, 7) is 0. The third kappa shape index (κ3) is 4.00. The summed E-state index contributed by atoms with van der Waals surface area (Å²) in [5.41, 5.74) is 0.899. The van der Waals surface area contributed by atoms with Crippen LogP contribution in [0.5, 0.6) is 11.5 Å². The van der Waals surface area contributed by atoms with Crippen molar-refractivity contribution >= 4 is 39.3 Å². The third-order valence-corrected chi connectivity index (χ3v) is 5.06. The molecule has 0 radical (unpaired) electrons. The molecule has 0 fully saturated rings. The van der Waals surface area contributed by atoms with Gasteiger partial charge in [0.1, 0.15) is 11.5 Å². The van der Waals surface area contributed by atoms with Gasteiger partial charge in [-0.25, -0.2) is 0 Å². The van der Waals surface area contributed by atoms with Crippen molar-refractivity contribution in [3.8, 4) is 22.9 Å². The van der Waals surface area contributed by atoms with Crippen LogP contribution >= 0.6 is 27.7 Å². The van der Waals surface area contributed by atoms with Gasteiger partial charge >= 0.3 is 0 Å². The number of benzene rings is 2. The molecule has 1 heterocycles. The Morgan fingerprint density at radius 3 is 2.73 bits per heavy atom. The number of carbonyl (C=O) groups excluding carboxylic acids is 1. The van der Waals surface area contributed by atoms with Gasteiger partial charge in [0.2, 0.25) is 5.91 Å². The van der Waals surface area contributed by atoms with E-state index < -0.39 is 0 Å². The first-order chi connectivity index (χ1) is 12.5. The van der Waals surface area contributed by atoms with Crippen LogP contribution in [0.25, 0.3) is 11.4 Å². The van der Waals surface area contributed by atoms with Crippen LogP contribution in [0.1, 0.15) is 0 Å². The largest absolute Gasteiger partial charge is 0.507 e. The maximum absolute atomic E-state index is 12.1. The normalized spacial score (nSPS) is 10.7. The van der Waals surface area contributed by atoms with Crippen LogP contribution in [0.3, 0.4) is 0 Å². The van der Waals surface area contributed by atoms with Crippen LogP contribution in [0.4, 0.5) is 5.69 Å². The fourth-order valence-corrected chi connectivity index (χ4v) is 3.33. The van der Waals surface area contributed by atoms with E-state index in [2.05, 4.69) is 31.4 Å². The maximum atomic E-state index is 12.1. The summed E-state index contributed by atoms with van der Waals surface area (Å²) in [5.74, 6) is 0.429. The van der Waals surface area contributed by atoms with Crippen LogP contribution in [0.15, 0.2) is 52.1 Å². The molecule has 3 aromatic rings. The van der Waals surface area contributed by atoms with Crippen LogP contribution in [0.2, 0.25) is 0 Å². The van der Waals surface area contributed by atoms with Crippen molar-refractivity contribution in [2.24, 2.45) is 7.05 Å². The van der Waals surface area contributed by atoms with Gasteiger partial charge < -0.3 is 20.1 Å². The molecule has 1 aromatic heterocycles. The van der Waals surface area contributed by atoms with Crippen molar-refractivity contribution < 1.29 is 15.0 Å². The molecule has 0 aliphatic rings. The first-order valence-electron chi connectivity index (χ1n) is 7.54. The Hall–Kier alpha value is -2.52. The Morgan fingerprint density at radius 2 is 1.96 bits per heavy atom. The maximum Gasteiger partial charge on any atom is 0.234 e. The number of halogens is 1. The van der Waals surface area contributed by atoms with Gasteiger partial charge in [-0.2, -0.15) is 0 Å². The average Bonchev–Trinajstić information content (AvgIpc) is 2.98. The Labute approximate surface area is 162 Å². The number of aromatic nitrogens is 3. The molecule has 0 unspecified atom stereocenters. The lowest BCUT2D eigenvalue weighted by Crippen LogP contribution is -2.14. The molecule has 9 heteroatoms. The monoisotopic (exact) mass is 434 g/mol. The number of anilines is 1. The first-order valence-corrected chi connectivity index (χ1v) is 9.32. The lowest BCUT2D eigenvalue weighted by molar-refractivity contribution is -0.113. The van der Waals surface area contributed by atoms with Gasteiger partial charge in [-0.1, -0.05) is 39.8 Å². The minimum absolute atomic E-state index is 0.0110. The summed E-state index contributed by atoms with van der Waals surface area (Å²) >= 11 is 4.57. The zero-order valence-corrected chi connectivity index (χ0v) is 16.1. The summed E-state index contributed by atoms with van der Waals surface area (Å²) in [4.78, 5) is 12.1. The second-order valence-electron chi connectivity index (χ2n) is 5.38. The number of amides is 1. The highest BCUT2D eigenvalue weighted by Crippen LogP contribution is 2.32. The number of hydrogen-bond donors (Lipinski definition) is 3. The van der Waals surface area contributed by atoms with E-state index in [0.29, 0.717) is 22.2 Å². The molecule has 3 rings (SSSR count). The number of para-hydroxylation sites is 2. The van der Waals surface area contributed by atoms with Gasteiger partial charge in [-0.3, -0.25) is 4.79 Å². The molecule has 1 amide bonds. The molecule has 0 saturated heterocycles. The highest BCUT2D eigenvalue weighted by Gasteiger charge is 2.16. The molecule has 0 atom stereocenters. The topological polar surface area (TPSA) is 100 Å². The lowest BCUT2D eigenvalue weighted by Gasteiger charge is -2.07. The Balaban J connectivity index is 1.70. The molecule has 3 N–H and O–H groups in total. The number of hydrogen-bond acceptors (Lipinski definition) is 6. The van der Waals surface area contributed by atoms with Crippen molar-refractivity contribution in [3.05, 3.63) is 46.9 Å². The molecule has 7 nitrogen and oxygen atoms in total. The Kier molecular flexibility index (Phi) is 5.48. The van der Waals surface area contributed by atoms with Gasteiger partial charge in [-0.05, 0) is 30.3 Å². The number of nitrogens with zero attached hydrogens (tertiary/aromatic N) is 3. The van der Waals surface area contributed by atoms with E-state index >= 15 is 0 Å². The highest BCUT2D eigenvalue weighted by molar-refractivity contribution is 9.10. The van der Waals surface area contributed by atoms with Crippen LogP contribution in [0, 0.1) is 0 Å². The smallest absolute Gasteiger partial charge is 0.234 e. The van der Waals surface area contributed by atoms with Gasteiger partial charge in [0, 0.05) is 11.5 Å². The molecule has 0 aliphatic heterocycles. The molecular formula is C17H15BrN4O3S. The van der Waals surface area contributed by atoms with E-state index in [0.717, 1.165) is 4.47 Å². The molecular weight excluding hydrogens is 420 g/mol. The fourth-order valence-electron chi connectivity index (χ4n) is 2.26. The lowest BCUT2D eigenvalue weighted by atomic mass is 10.2. The van der Waals surface area contributed by atoms with Crippen molar-refractivity contribution in [3.63, 3.8) is 0 Å². The van der Waals surface area contributed by atoms with E-state index in [-0.39, 0.29) is 23.2 Å². The van der Waals surface area contributed by atoms with Crippen LogP contribution in [-0.2, 0) is 11.8 Å². The van der Waals surface area contributed by atoms with E-state index in [4.69, 9.17) is 0 Å². The van der Waals surface area contributed by atoms with Crippen molar-refractivity contribution in [1.82, 2.24) is 14.8 Å². The summed E-state index contributed by atoms with van der Waals surface area (Å²) in [6.07, 6.45) is 0. The first kappa shape index (κ1) is 18.3. The minimum atomic E-state index is -0.272. The van der Waals surface area contributed by atoms with E-state index in [1.165, 1.54) is 17.8 Å². The molecule has 0 saturated carbocycles. The number of aromatic hydroxyl groups is 2. The zero-order valence-electron chi connectivity index (χ0n) is 13.7. The minimum Gasteiger partial charge on any atom is -0.507 e. The number of nitrogens with one attached hydrogen (secondary N) is 1. The van der Waals surface area contributed by atoms with Crippen LogP contribution in [-0.4, -0.2) is 36.6 Å². The summed E-state index contributed by atoms with van der Waals surface area (Å²) < 4.78 is 2.52. The molecule has 26 heavy (non-hydrogen) atoms. The number of phenols is 2. The highest BCUT2D eigenvalue weighted by atomic mass is 79.9. The Morgan fingerprint density at radius 1 is 1.19 bits per heavy atom. The molecule has 0 bridgehead atoms. The second-order valence-corrected chi connectivity index (χ2v) is 7.24. The van der Waals surface area contributed by atoms with Gasteiger partial charge in [0.15, 0.2) is 11.0 Å². The standard InChI is InChI=1S/C17H15BrN4O3S/c1-22-16(11-8-10(18)6-7-13(11)23)20-21-17(22)26-9-15(25)19-12-4-2-3-5-14(12)24/h2-8,23-24H,9H2,1H3,(H,19,25). The average molecular weight is 435 g/mol. The fraction of sp³-hybridized carbons (Fsp3) is 0.118. The number of thioether (sulfide) groups is 1. The summed E-state index contributed by atoms with van der Waals surface area (Å²) in [6, 6.07) is 11.6. The Bertz CT molecular complexity index is 961. The van der Waals surface area contributed by atoms with Gasteiger partial charge in [-0.15, -0.1) is 10.2 Å². The van der Waals surface area contributed by atoms with Crippen molar-refractivity contribution in [1.29, 1.82) is 0 Å². The molecule has 0 spiro atoms. The molecule has 0 aliphatic carbocycles. The summed E-state index contributed by atoms with van der Waals surface area (Å²) in [5, 5.41) is 31.1. The number of carbonyl (C=O) groups is 1. The third-order valence-electron chi connectivity index (χ3n) is 3.54. The summed E-state index contributed by atoms with van der Waals surface area (Å²) in [7, 11) is 1.76. The van der Waals surface area contributed by atoms with Gasteiger partial charge in [0.05, 0.1) is 17.0 Å². The number of phenolic OH excluding ortho intramolecular Hbond substituents is 2. The predicted octanol–water partition coefficient (Wildman–Crippen LogP) is 3.39. The van der Waals surface area contributed by atoms with Crippen molar-refractivity contribution in [2.75, 3.05) is 11.1 Å². The number of rotatable bonds is 5. The second kappa shape index (κ2) is 7.79. The van der Waals surface area contributed by atoms with Crippen LogP contribution < -0.4 is 5.32 Å². The molecule has 2 aromatic carbocycles. The SMILES string of the molecule is Cn1c(SCC(=O)Nc2ccccc2O)nnc1-c1cc(Br)ccc1O. The van der Waals surface area contributed by atoms with E-state index in [9.17, 15) is 15.0 Å². The quantitative estimate of drug-likeness (QED) is 0.420. The molecule has 134 valence electrons. The van der Waals surface area contributed by atoms with E-state index in [1.54, 1.807) is 48.0 Å². The van der Waals surface area contributed by atoms with E-state index in [1.807, 2.05) is 0 Å². The zero-order chi connectivity index (χ0) is 18.7. The van der Waals surface area contributed by atoms with Crippen molar-refractivity contribution in [2.45, 2.75) is 5.16 Å². The van der Waals surface area contributed by atoms with Gasteiger partial charge in [0.25, 0.3) is 0 Å². The predicted molar refractivity (Wildman–Crippen MR) is 103 cm³/mol.